The maximum absolute atomic E-state index is 9.31. The van der Waals surface area contributed by atoms with Crippen LogP contribution in [0.5, 0.6) is 0 Å². The Morgan fingerprint density at radius 3 is 2.61 bits per heavy atom. The van der Waals surface area contributed by atoms with Crippen LogP contribution in [-0.2, 0) is 13.7 Å². The average molecular weight is 251 g/mol. The van der Waals surface area contributed by atoms with Crippen molar-refractivity contribution in [3.63, 3.8) is 0 Å². The minimum Gasteiger partial charge on any atom is -0.390 e. The van der Waals surface area contributed by atoms with E-state index >= 15 is 0 Å². The molecule has 0 aliphatic heterocycles. The molecule has 0 aromatic carbocycles. The van der Waals surface area contributed by atoms with E-state index in [1.165, 1.54) is 44.9 Å². The smallest absolute Gasteiger partial charge is 0.112 e. The van der Waals surface area contributed by atoms with E-state index in [0.29, 0.717) is 5.92 Å². The van der Waals surface area contributed by atoms with E-state index in [1.807, 2.05) is 11.7 Å². The van der Waals surface area contributed by atoms with Crippen LogP contribution in [0.15, 0.2) is 0 Å². The second-order valence-corrected chi connectivity index (χ2v) is 5.56. The third-order valence-corrected chi connectivity index (χ3v) is 4.29. The van der Waals surface area contributed by atoms with Gasteiger partial charge in [-0.3, -0.25) is 4.68 Å². The van der Waals surface area contributed by atoms with Crippen molar-refractivity contribution >= 4 is 0 Å². The second kappa shape index (κ2) is 6.32. The molecule has 1 saturated carbocycles. The first-order valence-corrected chi connectivity index (χ1v) is 7.25. The van der Waals surface area contributed by atoms with E-state index in [-0.39, 0.29) is 6.61 Å². The summed E-state index contributed by atoms with van der Waals surface area (Å²) in [7, 11) is 1.94. The SMILES string of the molecule is CCCCC1CCC(c2c(CO)nnn2C)CC1. The Balaban J connectivity index is 1.94. The summed E-state index contributed by atoms with van der Waals surface area (Å²) >= 11 is 0. The molecule has 0 bridgehead atoms. The van der Waals surface area contributed by atoms with Gasteiger partial charge in [-0.25, -0.2) is 0 Å². The van der Waals surface area contributed by atoms with Crippen molar-refractivity contribution in [2.45, 2.75) is 64.4 Å². The van der Waals surface area contributed by atoms with Crippen LogP contribution >= 0.6 is 0 Å². The summed E-state index contributed by atoms with van der Waals surface area (Å²) in [6.07, 6.45) is 9.15. The molecule has 1 aliphatic rings. The van der Waals surface area contributed by atoms with Crippen molar-refractivity contribution in [1.29, 1.82) is 0 Å². The van der Waals surface area contributed by atoms with E-state index in [1.54, 1.807) is 0 Å². The molecule has 1 aliphatic carbocycles. The fourth-order valence-corrected chi connectivity index (χ4v) is 3.24. The number of aryl methyl sites for hydroxylation is 1. The molecule has 0 atom stereocenters. The lowest BCUT2D eigenvalue weighted by Gasteiger charge is -2.28. The van der Waals surface area contributed by atoms with Crippen molar-refractivity contribution in [2.24, 2.45) is 13.0 Å². The van der Waals surface area contributed by atoms with Crippen LogP contribution in [-0.4, -0.2) is 20.1 Å². The van der Waals surface area contributed by atoms with E-state index in [0.717, 1.165) is 17.3 Å². The molecule has 1 fully saturated rings. The van der Waals surface area contributed by atoms with Gasteiger partial charge in [0, 0.05) is 13.0 Å². The zero-order chi connectivity index (χ0) is 13.0. The van der Waals surface area contributed by atoms with Crippen LogP contribution < -0.4 is 0 Å². The largest absolute Gasteiger partial charge is 0.390 e. The molecule has 1 aromatic heterocycles. The van der Waals surface area contributed by atoms with Crippen LogP contribution in [0.2, 0.25) is 0 Å². The normalized spacial score (nSPS) is 24.4. The molecule has 0 amide bonds. The molecule has 2 rings (SSSR count). The highest BCUT2D eigenvalue weighted by Gasteiger charge is 2.26. The Hall–Kier alpha value is -0.900. The van der Waals surface area contributed by atoms with Crippen LogP contribution in [0.4, 0.5) is 0 Å². The third kappa shape index (κ3) is 2.91. The van der Waals surface area contributed by atoms with Crippen molar-refractivity contribution in [2.75, 3.05) is 0 Å². The van der Waals surface area contributed by atoms with Crippen LogP contribution in [0, 0.1) is 5.92 Å². The highest BCUT2D eigenvalue weighted by atomic mass is 16.3. The van der Waals surface area contributed by atoms with Gasteiger partial charge >= 0.3 is 0 Å². The van der Waals surface area contributed by atoms with E-state index < -0.39 is 0 Å². The van der Waals surface area contributed by atoms with Crippen LogP contribution in [0.25, 0.3) is 0 Å². The van der Waals surface area contributed by atoms with Gasteiger partial charge in [-0.15, -0.1) is 5.10 Å². The molecule has 4 nitrogen and oxygen atoms in total. The number of hydrogen-bond acceptors (Lipinski definition) is 3. The van der Waals surface area contributed by atoms with E-state index in [9.17, 15) is 5.11 Å². The fraction of sp³-hybridized carbons (Fsp3) is 0.857. The second-order valence-electron chi connectivity index (χ2n) is 5.56. The van der Waals surface area contributed by atoms with Gasteiger partial charge in [0.2, 0.25) is 0 Å². The first-order chi connectivity index (χ1) is 8.76. The van der Waals surface area contributed by atoms with Gasteiger partial charge in [-0.2, -0.15) is 0 Å². The Morgan fingerprint density at radius 1 is 1.28 bits per heavy atom. The number of aromatic nitrogens is 3. The van der Waals surface area contributed by atoms with Crippen LogP contribution in [0.3, 0.4) is 0 Å². The topological polar surface area (TPSA) is 50.9 Å². The van der Waals surface area contributed by atoms with Gasteiger partial charge in [-0.05, 0) is 31.6 Å². The van der Waals surface area contributed by atoms with Crippen molar-refractivity contribution < 1.29 is 5.11 Å². The predicted octanol–water partition coefficient (Wildman–Crippen LogP) is 2.77. The van der Waals surface area contributed by atoms with E-state index in [4.69, 9.17) is 0 Å². The molecule has 1 N–H and O–H groups in total. The molecular weight excluding hydrogens is 226 g/mol. The van der Waals surface area contributed by atoms with Gasteiger partial charge in [-0.1, -0.05) is 31.4 Å². The average Bonchev–Trinajstić information content (AvgIpc) is 2.78. The summed E-state index contributed by atoms with van der Waals surface area (Å²) in [5.41, 5.74) is 1.93. The molecule has 0 saturated heterocycles. The zero-order valence-electron chi connectivity index (χ0n) is 11.6. The Labute approximate surface area is 109 Å². The maximum Gasteiger partial charge on any atom is 0.112 e. The molecule has 1 heterocycles. The lowest BCUT2D eigenvalue weighted by molar-refractivity contribution is 0.267. The monoisotopic (exact) mass is 251 g/mol. The van der Waals surface area contributed by atoms with Crippen molar-refractivity contribution in [3.05, 3.63) is 11.4 Å². The Morgan fingerprint density at radius 2 is 2.00 bits per heavy atom. The quantitative estimate of drug-likeness (QED) is 0.875. The molecule has 4 heteroatoms. The molecule has 102 valence electrons. The molecule has 1 aromatic rings. The number of aliphatic hydroxyl groups is 1. The lowest BCUT2D eigenvalue weighted by Crippen LogP contribution is -2.17. The predicted molar refractivity (Wildman–Crippen MR) is 71.1 cm³/mol. The number of unbranched alkanes of at least 4 members (excludes halogenated alkanes) is 1. The van der Waals surface area contributed by atoms with E-state index in [2.05, 4.69) is 17.2 Å². The number of aliphatic hydroxyl groups excluding tert-OH is 1. The fourth-order valence-electron chi connectivity index (χ4n) is 3.24. The molecule has 18 heavy (non-hydrogen) atoms. The summed E-state index contributed by atoms with van der Waals surface area (Å²) in [6.45, 7) is 2.28. The highest BCUT2D eigenvalue weighted by Crippen LogP contribution is 2.38. The number of nitrogens with zero attached hydrogens (tertiary/aromatic N) is 3. The van der Waals surface area contributed by atoms with Gasteiger partial charge in [0.05, 0.1) is 12.3 Å². The zero-order valence-corrected chi connectivity index (χ0v) is 11.6. The summed E-state index contributed by atoms with van der Waals surface area (Å²) < 4.78 is 1.85. The Kier molecular flexibility index (Phi) is 4.75. The maximum atomic E-state index is 9.31. The highest BCUT2D eigenvalue weighted by molar-refractivity contribution is 5.15. The van der Waals surface area contributed by atoms with Crippen molar-refractivity contribution in [3.8, 4) is 0 Å². The molecular formula is C14H25N3O. The summed E-state index contributed by atoms with van der Waals surface area (Å²) in [4.78, 5) is 0. The molecule has 0 unspecified atom stereocenters. The number of rotatable bonds is 5. The standard InChI is InChI=1S/C14H25N3O/c1-3-4-5-11-6-8-12(9-7-11)14-13(10-18)15-16-17(14)2/h11-12,18H,3-10H2,1-2H3. The van der Waals surface area contributed by atoms with Gasteiger partial charge in [0.1, 0.15) is 5.69 Å². The van der Waals surface area contributed by atoms with Gasteiger partial charge in [0.15, 0.2) is 0 Å². The van der Waals surface area contributed by atoms with Crippen LogP contribution in [0.1, 0.15) is 69.2 Å². The number of hydrogen-bond donors (Lipinski definition) is 1. The summed E-state index contributed by atoms with van der Waals surface area (Å²) in [5.74, 6) is 1.46. The Bertz CT molecular complexity index is 367. The van der Waals surface area contributed by atoms with Crippen molar-refractivity contribution in [1.82, 2.24) is 15.0 Å². The summed E-state index contributed by atoms with van der Waals surface area (Å²) in [6, 6.07) is 0. The molecule has 0 spiro atoms. The molecule has 0 radical (unpaired) electrons. The lowest BCUT2D eigenvalue weighted by atomic mass is 9.78. The first-order valence-electron chi connectivity index (χ1n) is 7.25. The summed E-state index contributed by atoms with van der Waals surface area (Å²) in [5, 5.41) is 17.4. The van der Waals surface area contributed by atoms with Gasteiger partial charge < -0.3 is 5.11 Å². The minimum absolute atomic E-state index is 0.0128. The first kappa shape index (κ1) is 13.5. The minimum atomic E-state index is 0.0128. The third-order valence-electron chi connectivity index (χ3n) is 4.29. The van der Waals surface area contributed by atoms with Gasteiger partial charge in [0.25, 0.3) is 0 Å².